The SMILES string of the molecule is CC(C)(C#N)c1cccc(NC(=O)C(=O)c2c(-c3cccnc3)cc3ccccn23)c1. The maximum Gasteiger partial charge on any atom is 0.298 e. The summed E-state index contributed by atoms with van der Waals surface area (Å²) in [5, 5.41) is 12.1. The maximum absolute atomic E-state index is 13.3. The van der Waals surface area contributed by atoms with Gasteiger partial charge in [-0.1, -0.05) is 24.3 Å². The van der Waals surface area contributed by atoms with E-state index in [-0.39, 0.29) is 5.69 Å². The minimum absolute atomic E-state index is 0.273. The zero-order chi connectivity index (χ0) is 22.0. The topological polar surface area (TPSA) is 87.3 Å². The fourth-order valence-electron chi connectivity index (χ4n) is 3.44. The van der Waals surface area contributed by atoms with Gasteiger partial charge >= 0.3 is 0 Å². The molecule has 6 nitrogen and oxygen atoms in total. The fourth-order valence-corrected chi connectivity index (χ4v) is 3.44. The van der Waals surface area contributed by atoms with Crippen LogP contribution in [0.1, 0.15) is 29.9 Å². The van der Waals surface area contributed by atoms with Gasteiger partial charge in [0.05, 0.1) is 11.5 Å². The largest absolute Gasteiger partial charge is 0.319 e. The second-order valence-electron chi connectivity index (χ2n) is 7.74. The number of hydrogen-bond acceptors (Lipinski definition) is 4. The number of carbonyl (C=O) groups is 2. The summed E-state index contributed by atoms with van der Waals surface area (Å²) in [5.41, 5.74) is 2.96. The number of nitrogens with one attached hydrogen (secondary N) is 1. The highest BCUT2D eigenvalue weighted by Crippen LogP contribution is 2.28. The highest BCUT2D eigenvalue weighted by atomic mass is 16.2. The molecule has 31 heavy (non-hydrogen) atoms. The molecule has 0 saturated carbocycles. The molecule has 152 valence electrons. The van der Waals surface area contributed by atoms with Gasteiger partial charge in [0.2, 0.25) is 0 Å². The second kappa shape index (κ2) is 7.88. The van der Waals surface area contributed by atoms with Crippen LogP contribution in [0.5, 0.6) is 0 Å². The third-order valence-electron chi connectivity index (χ3n) is 5.20. The van der Waals surface area contributed by atoms with E-state index >= 15 is 0 Å². The molecule has 0 fully saturated rings. The summed E-state index contributed by atoms with van der Waals surface area (Å²) < 4.78 is 1.71. The lowest BCUT2D eigenvalue weighted by Gasteiger charge is -2.17. The first kappa shape index (κ1) is 20.0. The monoisotopic (exact) mass is 408 g/mol. The van der Waals surface area contributed by atoms with Gasteiger partial charge in [0.1, 0.15) is 5.69 Å². The average molecular weight is 408 g/mol. The molecule has 1 aromatic carbocycles. The van der Waals surface area contributed by atoms with Crippen molar-refractivity contribution in [2.45, 2.75) is 19.3 Å². The van der Waals surface area contributed by atoms with Crippen molar-refractivity contribution in [3.63, 3.8) is 0 Å². The van der Waals surface area contributed by atoms with Crippen molar-refractivity contribution >= 4 is 22.9 Å². The minimum Gasteiger partial charge on any atom is -0.319 e. The Hall–Kier alpha value is -4.24. The van der Waals surface area contributed by atoms with Crippen molar-refractivity contribution in [1.29, 1.82) is 5.26 Å². The van der Waals surface area contributed by atoms with Gasteiger partial charge in [-0.3, -0.25) is 14.6 Å². The number of amides is 1. The molecule has 1 amide bonds. The number of pyridine rings is 2. The van der Waals surface area contributed by atoms with Crippen LogP contribution in [-0.2, 0) is 10.2 Å². The lowest BCUT2D eigenvalue weighted by molar-refractivity contribution is -0.112. The summed E-state index contributed by atoms with van der Waals surface area (Å²) in [4.78, 5) is 30.3. The fraction of sp³-hybridized carbons (Fsp3) is 0.120. The van der Waals surface area contributed by atoms with Gasteiger partial charge in [-0.05, 0) is 55.8 Å². The van der Waals surface area contributed by atoms with Crippen molar-refractivity contribution in [1.82, 2.24) is 9.38 Å². The first-order chi connectivity index (χ1) is 14.9. The highest BCUT2D eigenvalue weighted by molar-refractivity contribution is 6.47. The Morgan fingerprint density at radius 2 is 1.90 bits per heavy atom. The van der Waals surface area contributed by atoms with Gasteiger partial charge in [-0.25, -0.2) is 0 Å². The molecule has 0 spiro atoms. The van der Waals surface area contributed by atoms with Gasteiger partial charge in [-0.15, -0.1) is 0 Å². The molecule has 0 unspecified atom stereocenters. The number of nitrogens with zero attached hydrogens (tertiary/aromatic N) is 3. The Bertz CT molecular complexity index is 1330. The van der Waals surface area contributed by atoms with Crippen molar-refractivity contribution in [3.8, 4) is 17.2 Å². The van der Waals surface area contributed by atoms with E-state index in [1.807, 2.05) is 36.4 Å². The molecule has 0 bridgehead atoms. The van der Waals surface area contributed by atoms with E-state index in [4.69, 9.17) is 0 Å². The van der Waals surface area contributed by atoms with Gasteiger partial charge < -0.3 is 9.72 Å². The van der Waals surface area contributed by atoms with Crippen LogP contribution in [0.2, 0.25) is 0 Å². The Morgan fingerprint density at radius 1 is 1.06 bits per heavy atom. The number of rotatable bonds is 5. The molecule has 4 rings (SSSR count). The van der Waals surface area contributed by atoms with Gasteiger partial charge in [0, 0.05) is 40.9 Å². The standard InChI is InChI=1S/C25H20N4O2/c1-25(2,16-26)18-8-5-9-19(13-18)28-24(31)23(30)22-21(17-7-6-11-27-15-17)14-20-10-3-4-12-29(20)22/h3-15H,1-2H3,(H,28,31). The first-order valence-electron chi connectivity index (χ1n) is 9.79. The maximum atomic E-state index is 13.3. The number of benzene rings is 1. The van der Waals surface area contributed by atoms with Gasteiger partial charge in [-0.2, -0.15) is 5.26 Å². The Morgan fingerprint density at radius 3 is 2.65 bits per heavy atom. The van der Waals surface area contributed by atoms with E-state index in [2.05, 4.69) is 16.4 Å². The Labute approximate surface area is 179 Å². The van der Waals surface area contributed by atoms with E-state index < -0.39 is 17.1 Å². The lowest BCUT2D eigenvalue weighted by Crippen LogP contribution is -2.25. The first-order valence-corrected chi connectivity index (χ1v) is 9.79. The van der Waals surface area contributed by atoms with Crippen LogP contribution in [-0.4, -0.2) is 21.1 Å². The minimum atomic E-state index is -0.749. The van der Waals surface area contributed by atoms with E-state index in [0.29, 0.717) is 11.3 Å². The molecule has 0 radical (unpaired) electrons. The van der Waals surface area contributed by atoms with Gasteiger partial charge in [0.15, 0.2) is 0 Å². The molecule has 0 saturated heterocycles. The zero-order valence-corrected chi connectivity index (χ0v) is 17.2. The van der Waals surface area contributed by atoms with Crippen molar-refractivity contribution in [3.05, 3.63) is 90.5 Å². The smallest absolute Gasteiger partial charge is 0.298 e. The number of fused-ring (bicyclic) bond motifs is 1. The Balaban J connectivity index is 1.72. The predicted molar refractivity (Wildman–Crippen MR) is 119 cm³/mol. The summed E-state index contributed by atoms with van der Waals surface area (Å²) in [7, 11) is 0. The molecule has 0 aliphatic rings. The summed E-state index contributed by atoms with van der Waals surface area (Å²) in [5.74, 6) is -1.41. The van der Waals surface area contributed by atoms with Crippen LogP contribution < -0.4 is 5.32 Å². The van der Waals surface area contributed by atoms with E-state index in [1.54, 1.807) is 61.1 Å². The van der Waals surface area contributed by atoms with Crippen LogP contribution in [0, 0.1) is 11.3 Å². The quantitative estimate of drug-likeness (QED) is 0.385. The molecule has 1 N–H and O–H groups in total. The normalized spacial score (nSPS) is 11.1. The third-order valence-corrected chi connectivity index (χ3v) is 5.20. The Kier molecular flexibility index (Phi) is 5.10. The number of aromatic nitrogens is 2. The molecule has 6 heteroatoms. The second-order valence-corrected chi connectivity index (χ2v) is 7.74. The summed E-state index contributed by atoms with van der Waals surface area (Å²) in [6, 6.07) is 20.3. The number of Topliss-reactive ketones (excluding diaryl/α,β-unsaturated/α-hetero) is 1. The van der Waals surface area contributed by atoms with Crippen LogP contribution in [0.25, 0.3) is 16.6 Å². The summed E-state index contributed by atoms with van der Waals surface area (Å²) in [6.07, 6.45) is 5.08. The summed E-state index contributed by atoms with van der Waals surface area (Å²) in [6.45, 7) is 3.60. The molecule has 4 aromatic rings. The molecule has 3 heterocycles. The molecule has 0 atom stereocenters. The van der Waals surface area contributed by atoms with Gasteiger partial charge in [0.25, 0.3) is 11.7 Å². The van der Waals surface area contributed by atoms with E-state index in [1.165, 1.54) is 0 Å². The number of carbonyl (C=O) groups excluding carboxylic acids is 2. The number of anilines is 1. The average Bonchev–Trinajstić information content (AvgIpc) is 3.19. The van der Waals surface area contributed by atoms with E-state index in [9.17, 15) is 14.9 Å². The number of hydrogen-bond donors (Lipinski definition) is 1. The van der Waals surface area contributed by atoms with Crippen molar-refractivity contribution in [2.24, 2.45) is 0 Å². The highest BCUT2D eigenvalue weighted by Gasteiger charge is 2.26. The van der Waals surface area contributed by atoms with Crippen LogP contribution in [0.4, 0.5) is 5.69 Å². The molecule has 0 aliphatic heterocycles. The molecule has 0 aliphatic carbocycles. The summed E-state index contributed by atoms with van der Waals surface area (Å²) >= 11 is 0. The molecular weight excluding hydrogens is 388 g/mol. The van der Waals surface area contributed by atoms with E-state index in [0.717, 1.165) is 16.6 Å². The predicted octanol–water partition coefficient (Wildman–Crippen LogP) is 4.62. The molecular formula is C25H20N4O2. The number of ketones is 1. The third kappa shape index (κ3) is 3.81. The lowest BCUT2D eigenvalue weighted by atomic mass is 9.86. The van der Waals surface area contributed by atoms with Crippen molar-refractivity contribution < 1.29 is 9.59 Å². The van der Waals surface area contributed by atoms with Crippen molar-refractivity contribution in [2.75, 3.05) is 5.32 Å². The van der Waals surface area contributed by atoms with Crippen LogP contribution >= 0.6 is 0 Å². The van der Waals surface area contributed by atoms with Crippen LogP contribution in [0.3, 0.4) is 0 Å². The number of nitriles is 1. The van der Waals surface area contributed by atoms with Crippen LogP contribution in [0.15, 0.2) is 79.3 Å². The molecule has 3 aromatic heterocycles. The zero-order valence-electron chi connectivity index (χ0n) is 17.2.